The highest BCUT2D eigenvalue weighted by Crippen LogP contribution is 2.17. The van der Waals surface area contributed by atoms with Crippen LogP contribution in [0.15, 0.2) is 30.3 Å². The van der Waals surface area contributed by atoms with Crippen LogP contribution in [0.25, 0.3) is 10.8 Å². The average Bonchev–Trinajstić information content (AvgIpc) is 2.28. The lowest BCUT2D eigenvalue weighted by Crippen LogP contribution is -2.08. The summed E-state index contributed by atoms with van der Waals surface area (Å²) in [7, 11) is 0.505. The third-order valence-electron chi connectivity index (χ3n) is 2.54. The Morgan fingerprint density at radius 1 is 1.33 bits per heavy atom. The van der Waals surface area contributed by atoms with Crippen LogP contribution < -0.4 is 0 Å². The first kappa shape index (κ1) is 9.90. The van der Waals surface area contributed by atoms with E-state index in [0.29, 0.717) is 13.0 Å². The van der Waals surface area contributed by atoms with Crippen molar-refractivity contribution >= 4 is 23.7 Å². The molecule has 0 unspecified atom stereocenters. The molecule has 0 saturated carbocycles. The molecule has 0 spiro atoms. The topological polar surface area (TPSA) is 30.0 Å². The minimum Gasteiger partial charge on any atom is -0.305 e. The largest absolute Gasteiger partial charge is 0.305 e. The Hall–Kier alpha value is -1.64. The smallest absolute Gasteiger partial charge is 0.210 e. The summed E-state index contributed by atoms with van der Waals surface area (Å²) < 4.78 is 0. The number of nitrogens with zero attached hydrogens (tertiary/aromatic N) is 1. The Labute approximate surface area is 89.6 Å². The Kier molecular flexibility index (Phi) is 2.54. The van der Waals surface area contributed by atoms with Crippen LogP contribution in [-0.2, 0) is 0 Å². The zero-order chi connectivity index (χ0) is 10.8. The predicted octanol–water partition coefficient (Wildman–Crippen LogP) is 2.17. The lowest BCUT2D eigenvalue weighted by atomic mass is 9.75. The summed E-state index contributed by atoms with van der Waals surface area (Å²) in [6.07, 6.45) is 0. The van der Waals surface area contributed by atoms with Gasteiger partial charge >= 0.3 is 0 Å². The SMILES string of the molecule is CBC(=O)c1cc2ccccc2c(C)n1. The zero-order valence-corrected chi connectivity index (χ0v) is 8.95. The number of carbonyl (C=O) groups excluding carboxylic acids is 1. The Morgan fingerprint density at radius 3 is 2.80 bits per heavy atom. The summed E-state index contributed by atoms with van der Waals surface area (Å²) in [5.41, 5.74) is 1.60. The van der Waals surface area contributed by atoms with E-state index in [4.69, 9.17) is 0 Å². The maximum Gasteiger partial charge on any atom is 0.210 e. The highest BCUT2D eigenvalue weighted by molar-refractivity contribution is 6.76. The molecule has 0 atom stereocenters. The van der Waals surface area contributed by atoms with Gasteiger partial charge in [0.2, 0.25) is 7.28 Å². The quantitative estimate of drug-likeness (QED) is 0.690. The highest BCUT2D eigenvalue weighted by atomic mass is 16.1. The van der Waals surface area contributed by atoms with Gasteiger partial charge in [-0.05, 0) is 18.4 Å². The number of pyridine rings is 1. The van der Waals surface area contributed by atoms with E-state index < -0.39 is 0 Å². The number of benzene rings is 1. The molecule has 2 nitrogen and oxygen atoms in total. The van der Waals surface area contributed by atoms with Gasteiger partial charge in [-0.3, -0.25) is 4.98 Å². The minimum absolute atomic E-state index is 0.101. The first-order valence-electron chi connectivity index (χ1n) is 5.12. The van der Waals surface area contributed by atoms with Gasteiger partial charge in [0.05, 0.1) is 5.69 Å². The Bertz CT molecular complexity index is 522. The summed E-state index contributed by atoms with van der Waals surface area (Å²) in [6.45, 7) is 3.79. The fraction of sp³-hybridized carbons (Fsp3) is 0.167. The van der Waals surface area contributed by atoms with Gasteiger partial charge in [0.25, 0.3) is 0 Å². The normalized spacial score (nSPS) is 10.3. The van der Waals surface area contributed by atoms with Gasteiger partial charge in [-0.25, -0.2) is 0 Å². The number of hydrogen-bond donors (Lipinski definition) is 0. The predicted molar refractivity (Wildman–Crippen MR) is 63.8 cm³/mol. The van der Waals surface area contributed by atoms with Crippen LogP contribution in [0.4, 0.5) is 0 Å². The van der Waals surface area contributed by atoms with Crippen LogP contribution in [0.2, 0.25) is 6.82 Å². The van der Waals surface area contributed by atoms with Crippen molar-refractivity contribution < 1.29 is 4.79 Å². The van der Waals surface area contributed by atoms with Gasteiger partial charge in [0, 0.05) is 11.1 Å². The third-order valence-corrected chi connectivity index (χ3v) is 2.54. The van der Waals surface area contributed by atoms with Crippen LogP contribution >= 0.6 is 0 Å². The summed E-state index contributed by atoms with van der Waals surface area (Å²) in [6, 6.07) is 9.86. The van der Waals surface area contributed by atoms with Crippen molar-refractivity contribution in [3.63, 3.8) is 0 Å². The molecular weight excluding hydrogens is 185 g/mol. The van der Waals surface area contributed by atoms with Crippen LogP contribution in [0.3, 0.4) is 0 Å². The number of carbonyl (C=O) groups is 1. The summed E-state index contributed by atoms with van der Waals surface area (Å²) in [4.78, 5) is 15.9. The lowest BCUT2D eigenvalue weighted by molar-refractivity contribution is 0.107. The monoisotopic (exact) mass is 197 g/mol. The molecule has 0 aliphatic heterocycles. The van der Waals surface area contributed by atoms with Crippen molar-refractivity contribution in [2.24, 2.45) is 0 Å². The lowest BCUT2D eigenvalue weighted by Gasteiger charge is -2.04. The molecule has 0 radical (unpaired) electrons. The average molecular weight is 197 g/mol. The molecule has 15 heavy (non-hydrogen) atoms. The molecule has 1 aromatic heterocycles. The second kappa shape index (κ2) is 3.85. The molecule has 74 valence electrons. The van der Waals surface area contributed by atoms with Crippen LogP contribution in [-0.4, -0.2) is 17.9 Å². The number of aryl methyl sites for hydroxylation is 1. The van der Waals surface area contributed by atoms with Gasteiger partial charge in [-0.2, -0.15) is 0 Å². The molecule has 3 heteroatoms. The van der Waals surface area contributed by atoms with Crippen molar-refractivity contribution in [3.8, 4) is 0 Å². The molecule has 2 aromatic rings. The molecule has 0 saturated heterocycles. The van der Waals surface area contributed by atoms with E-state index in [0.717, 1.165) is 16.5 Å². The number of fused-ring (bicyclic) bond motifs is 1. The van der Waals surface area contributed by atoms with Gasteiger partial charge in [0.15, 0.2) is 0 Å². The van der Waals surface area contributed by atoms with Crippen molar-refractivity contribution in [2.75, 3.05) is 0 Å². The molecule has 0 aliphatic carbocycles. The highest BCUT2D eigenvalue weighted by Gasteiger charge is 2.08. The van der Waals surface area contributed by atoms with E-state index in [1.54, 1.807) is 0 Å². The Balaban J connectivity index is 2.67. The second-order valence-corrected chi connectivity index (χ2v) is 3.59. The van der Waals surface area contributed by atoms with Gasteiger partial charge < -0.3 is 4.79 Å². The van der Waals surface area contributed by atoms with E-state index in [9.17, 15) is 4.79 Å². The van der Waals surface area contributed by atoms with Crippen LogP contribution in [0.5, 0.6) is 0 Å². The molecule has 2 rings (SSSR count). The maximum atomic E-state index is 11.5. The number of hydrogen-bond acceptors (Lipinski definition) is 2. The maximum absolute atomic E-state index is 11.5. The van der Waals surface area contributed by atoms with E-state index in [1.165, 1.54) is 0 Å². The van der Waals surface area contributed by atoms with Crippen molar-refractivity contribution in [1.82, 2.24) is 4.98 Å². The minimum atomic E-state index is 0.101. The molecule has 0 N–H and O–H groups in total. The fourth-order valence-corrected chi connectivity index (χ4v) is 1.70. The summed E-state index contributed by atoms with van der Waals surface area (Å²) >= 11 is 0. The van der Waals surface area contributed by atoms with Gasteiger partial charge in [-0.15, -0.1) is 0 Å². The third kappa shape index (κ3) is 1.77. The van der Waals surface area contributed by atoms with Crippen molar-refractivity contribution in [2.45, 2.75) is 13.7 Å². The van der Waals surface area contributed by atoms with Crippen molar-refractivity contribution in [1.29, 1.82) is 0 Å². The first-order valence-corrected chi connectivity index (χ1v) is 5.12. The molecule has 0 fully saturated rings. The van der Waals surface area contributed by atoms with Gasteiger partial charge in [-0.1, -0.05) is 31.1 Å². The Morgan fingerprint density at radius 2 is 2.07 bits per heavy atom. The summed E-state index contributed by atoms with van der Waals surface area (Å²) in [5, 5.41) is 2.20. The molecule has 0 amide bonds. The standard InChI is InChI=1S/C12H12BNO/c1-8-10-6-4-3-5-9(10)7-11(14-8)12(15)13-2/h3-7,13H,1-2H3. The van der Waals surface area contributed by atoms with E-state index in [1.807, 2.05) is 44.1 Å². The second-order valence-electron chi connectivity index (χ2n) is 3.59. The van der Waals surface area contributed by atoms with E-state index in [-0.39, 0.29) is 5.68 Å². The number of aromatic nitrogens is 1. The van der Waals surface area contributed by atoms with E-state index >= 15 is 0 Å². The number of rotatable bonds is 2. The molecule has 1 heterocycles. The molecular formula is C12H12BNO. The van der Waals surface area contributed by atoms with E-state index in [2.05, 4.69) is 4.98 Å². The fourth-order valence-electron chi connectivity index (χ4n) is 1.70. The van der Waals surface area contributed by atoms with Crippen LogP contribution in [0.1, 0.15) is 16.2 Å². The zero-order valence-electron chi connectivity index (χ0n) is 8.95. The molecule has 0 aliphatic rings. The van der Waals surface area contributed by atoms with Crippen LogP contribution in [0, 0.1) is 6.92 Å². The molecule has 1 aromatic carbocycles. The molecule has 0 bridgehead atoms. The first-order chi connectivity index (χ1) is 7.22. The van der Waals surface area contributed by atoms with Gasteiger partial charge in [0.1, 0.15) is 5.68 Å². The summed E-state index contributed by atoms with van der Waals surface area (Å²) in [5.74, 6) is 0. The van der Waals surface area contributed by atoms with Crippen molar-refractivity contribution in [3.05, 3.63) is 41.7 Å².